The molecule has 0 atom stereocenters. The van der Waals surface area contributed by atoms with Gasteiger partial charge in [0.1, 0.15) is 24.0 Å². The Bertz CT molecular complexity index is 408. The third kappa shape index (κ3) is 4.33. The molecule has 0 fully saturated rings. The maximum absolute atomic E-state index is 13.4. The molecule has 0 aliphatic carbocycles. The van der Waals surface area contributed by atoms with Gasteiger partial charge >= 0.3 is 0 Å². The summed E-state index contributed by atoms with van der Waals surface area (Å²) in [6, 6.07) is 4.35. The number of benzene rings is 1. The van der Waals surface area contributed by atoms with Crippen LogP contribution in [0.2, 0.25) is 0 Å². The fourth-order valence-electron chi connectivity index (χ4n) is 1.42. The number of hydrogen-bond donors (Lipinski definition) is 2. The summed E-state index contributed by atoms with van der Waals surface area (Å²) in [4.78, 5) is 0. The average molecular weight is 254 g/mol. The van der Waals surface area contributed by atoms with E-state index in [1.807, 2.05) is 0 Å². The number of nitrogen functional groups attached to an aromatic ring is 1. The van der Waals surface area contributed by atoms with Gasteiger partial charge in [-0.25, -0.2) is 4.39 Å². The smallest absolute Gasteiger partial charge is 0.137 e. The molecular formula is C13H19FN2O2. The van der Waals surface area contributed by atoms with Gasteiger partial charge in [-0.2, -0.15) is 0 Å². The minimum Gasteiger partial charge on any atom is -0.490 e. The summed E-state index contributed by atoms with van der Waals surface area (Å²) in [5.74, 6) is -0.156. The average Bonchev–Trinajstić information content (AvgIpc) is 2.27. The van der Waals surface area contributed by atoms with Crippen LogP contribution in [0.1, 0.15) is 19.4 Å². The lowest BCUT2D eigenvalue weighted by Gasteiger charge is -2.12. The second kappa shape index (κ2) is 6.96. The highest BCUT2D eigenvalue weighted by atomic mass is 19.1. The summed E-state index contributed by atoms with van der Waals surface area (Å²) >= 11 is 0. The van der Waals surface area contributed by atoms with Gasteiger partial charge in [0.05, 0.1) is 12.2 Å². The summed E-state index contributed by atoms with van der Waals surface area (Å²) < 4.78 is 24.2. The Labute approximate surface area is 106 Å². The van der Waals surface area contributed by atoms with Crippen molar-refractivity contribution in [2.75, 3.05) is 19.8 Å². The Balaban J connectivity index is 2.52. The topological polar surface area (TPSA) is 68.3 Å². The van der Waals surface area contributed by atoms with Gasteiger partial charge in [0.2, 0.25) is 0 Å². The zero-order valence-corrected chi connectivity index (χ0v) is 10.7. The van der Waals surface area contributed by atoms with E-state index in [2.05, 4.69) is 13.8 Å². The van der Waals surface area contributed by atoms with E-state index in [1.54, 1.807) is 6.07 Å². The van der Waals surface area contributed by atoms with Crippen LogP contribution in [0.4, 0.5) is 4.39 Å². The first-order valence-electron chi connectivity index (χ1n) is 5.85. The fourth-order valence-corrected chi connectivity index (χ4v) is 1.42. The minimum absolute atomic E-state index is 0.00126. The van der Waals surface area contributed by atoms with Crippen molar-refractivity contribution < 1.29 is 13.9 Å². The first-order chi connectivity index (χ1) is 8.52. The van der Waals surface area contributed by atoms with Gasteiger partial charge in [-0.05, 0) is 18.1 Å². The number of ether oxygens (including phenoxy) is 2. The lowest BCUT2D eigenvalue weighted by Crippen LogP contribution is -2.17. The van der Waals surface area contributed by atoms with Crippen molar-refractivity contribution in [3.05, 3.63) is 29.6 Å². The highest BCUT2D eigenvalue weighted by Gasteiger charge is 2.12. The second-order valence-electron chi connectivity index (χ2n) is 4.34. The van der Waals surface area contributed by atoms with Crippen LogP contribution in [-0.4, -0.2) is 25.7 Å². The van der Waals surface area contributed by atoms with E-state index in [0.29, 0.717) is 25.7 Å². The molecule has 0 aromatic heterocycles. The molecule has 0 saturated heterocycles. The van der Waals surface area contributed by atoms with Crippen LogP contribution in [0.5, 0.6) is 5.75 Å². The third-order valence-electron chi connectivity index (χ3n) is 2.18. The lowest BCUT2D eigenvalue weighted by atomic mass is 10.1. The summed E-state index contributed by atoms with van der Waals surface area (Å²) in [5.41, 5.74) is 5.32. The van der Waals surface area contributed by atoms with Crippen molar-refractivity contribution in [3.63, 3.8) is 0 Å². The number of nitrogens with one attached hydrogen (secondary N) is 1. The molecule has 0 saturated carbocycles. The molecule has 0 amide bonds. The Morgan fingerprint density at radius 1 is 1.39 bits per heavy atom. The predicted molar refractivity (Wildman–Crippen MR) is 68.6 cm³/mol. The molecule has 3 N–H and O–H groups in total. The second-order valence-corrected chi connectivity index (χ2v) is 4.34. The number of rotatable bonds is 7. The molecule has 5 heteroatoms. The van der Waals surface area contributed by atoms with Crippen LogP contribution in [-0.2, 0) is 4.74 Å². The van der Waals surface area contributed by atoms with Crippen LogP contribution in [0.25, 0.3) is 0 Å². The van der Waals surface area contributed by atoms with Gasteiger partial charge in [0.25, 0.3) is 0 Å². The molecule has 100 valence electrons. The van der Waals surface area contributed by atoms with E-state index in [1.165, 1.54) is 12.1 Å². The van der Waals surface area contributed by atoms with E-state index in [-0.39, 0.29) is 17.1 Å². The van der Waals surface area contributed by atoms with E-state index in [9.17, 15) is 4.39 Å². The maximum atomic E-state index is 13.4. The van der Waals surface area contributed by atoms with Gasteiger partial charge in [-0.3, -0.25) is 5.41 Å². The molecule has 0 aliphatic rings. The lowest BCUT2D eigenvalue weighted by molar-refractivity contribution is 0.0817. The van der Waals surface area contributed by atoms with Crippen molar-refractivity contribution >= 4 is 5.84 Å². The highest BCUT2D eigenvalue weighted by Crippen LogP contribution is 2.20. The number of halogens is 1. The van der Waals surface area contributed by atoms with E-state index in [4.69, 9.17) is 20.6 Å². The monoisotopic (exact) mass is 254 g/mol. The predicted octanol–water partition coefficient (Wildman–Crippen LogP) is 2.16. The summed E-state index contributed by atoms with van der Waals surface area (Å²) in [6.45, 7) is 5.50. The quantitative estimate of drug-likeness (QED) is 0.445. The molecule has 0 aliphatic heterocycles. The fraction of sp³-hybridized carbons (Fsp3) is 0.462. The largest absolute Gasteiger partial charge is 0.490 e. The summed E-state index contributed by atoms with van der Waals surface area (Å²) in [7, 11) is 0. The molecule has 1 aromatic rings. The third-order valence-corrected chi connectivity index (χ3v) is 2.18. The van der Waals surface area contributed by atoms with E-state index >= 15 is 0 Å². The van der Waals surface area contributed by atoms with Crippen molar-refractivity contribution in [1.82, 2.24) is 0 Å². The van der Waals surface area contributed by atoms with Gasteiger partial charge in [-0.1, -0.05) is 19.9 Å². The number of amidine groups is 1. The van der Waals surface area contributed by atoms with Crippen LogP contribution < -0.4 is 10.5 Å². The molecule has 0 bridgehead atoms. The zero-order chi connectivity index (χ0) is 13.5. The van der Waals surface area contributed by atoms with Crippen molar-refractivity contribution in [2.45, 2.75) is 13.8 Å². The van der Waals surface area contributed by atoms with E-state index < -0.39 is 5.82 Å². The Hall–Kier alpha value is -1.62. The summed E-state index contributed by atoms with van der Waals surface area (Å²) in [6.07, 6.45) is 0. The Kier molecular flexibility index (Phi) is 5.58. The molecule has 4 nitrogen and oxygen atoms in total. The molecule has 0 radical (unpaired) electrons. The van der Waals surface area contributed by atoms with Crippen LogP contribution in [0.15, 0.2) is 18.2 Å². The first kappa shape index (κ1) is 14.4. The molecule has 0 heterocycles. The Morgan fingerprint density at radius 3 is 2.72 bits per heavy atom. The summed E-state index contributed by atoms with van der Waals surface area (Å²) in [5, 5.41) is 7.32. The van der Waals surface area contributed by atoms with Crippen LogP contribution in [0.3, 0.4) is 0 Å². The SMILES string of the molecule is CC(C)COCCOc1cccc(F)c1C(=N)N. The molecule has 0 spiro atoms. The molecule has 1 aromatic carbocycles. The van der Waals surface area contributed by atoms with Gasteiger partial charge < -0.3 is 15.2 Å². The standard InChI is InChI=1S/C13H19FN2O2/c1-9(2)8-17-6-7-18-11-5-3-4-10(14)12(11)13(15)16/h3-5,9H,6-8H2,1-2H3,(H3,15,16). The van der Waals surface area contributed by atoms with E-state index in [0.717, 1.165) is 0 Å². The number of hydrogen-bond acceptors (Lipinski definition) is 3. The first-order valence-corrected chi connectivity index (χ1v) is 5.85. The van der Waals surface area contributed by atoms with Crippen molar-refractivity contribution in [3.8, 4) is 5.75 Å². The van der Waals surface area contributed by atoms with Crippen LogP contribution >= 0.6 is 0 Å². The zero-order valence-electron chi connectivity index (χ0n) is 10.7. The maximum Gasteiger partial charge on any atom is 0.137 e. The van der Waals surface area contributed by atoms with Gasteiger partial charge in [0, 0.05) is 6.61 Å². The minimum atomic E-state index is -0.553. The number of nitrogens with two attached hydrogens (primary N) is 1. The van der Waals surface area contributed by atoms with Crippen LogP contribution in [0, 0.1) is 17.1 Å². The molecule has 1 rings (SSSR count). The van der Waals surface area contributed by atoms with Crippen molar-refractivity contribution in [2.24, 2.45) is 11.7 Å². The van der Waals surface area contributed by atoms with Crippen molar-refractivity contribution in [1.29, 1.82) is 5.41 Å². The highest BCUT2D eigenvalue weighted by molar-refractivity contribution is 5.97. The molecule has 18 heavy (non-hydrogen) atoms. The molecular weight excluding hydrogens is 235 g/mol. The molecule has 0 unspecified atom stereocenters. The normalized spacial score (nSPS) is 10.7. The van der Waals surface area contributed by atoms with Gasteiger partial charge in [-0.15, -0.1) is 0 Å². The van der Waals surface area contributed by atoms with Gasteiger partial charge in [0.15, 0.2) is 0 Å². The Morgan fingerprint density at radius 2 is 2.11 bits per heavy atom.